The number of hydrogen-bond acceptors (Lipinski definition) is 5. The van der Waals surface area contributed by atoms with Crippen LogP contribution in [0.5, 0.6) is 0 Å². The Kier molecular flexibility index (Phi) is 9.61. The molecule has 1 aromatic carbocycles. The van der Waals surface area contributed by atoms with E-state index < -0.39 is 17.4 Å². The number of carboxylic acids is 1. The van der Waals surface area contributed by atoms with Crippen LogP contribution in [0.4, 0.5) is 0 Å². The van der Waals surface area contributed by atoms with Gasteiger partial charge in [-0.3, -0.25) is 14.4 Å². The Morgan fingerprint density at radius 3 is 2.28 bits per heavy atom. The molecule has 6 heteroatoms. The lowest BCUT2D eigenvalue weighted by molar-refractivity contribution is -0.233. The van der Waals surface area contributed by atoms with Crippen LogP contribution < -0.4 is 5.32 Å². The third-order valence-electron chi connectivity index (χ3n) is 15.9. The molecule has 5 aliphatic carbocycles. The first kappa shape index (κ1) is 37.3. The first-order valence-electron chi connectivity index (χ1n) is 19.8. The number of ketones is 1. The van der Waals surface area contributed by atoms with Gasteiger partial charge in [-0.25, -0.2) is 0 Å². The molecular weight excluding hydrogens is 622 g/mol. The zero-order valence-corrected chi connectivity index (χ0v) is 32.5. The molecule has 4 fully saturated rings. The van der Waals surface area contributed by atoms with Crippen molar-refractivity contribution in [2.45, 2.75) is 146 Å². The fourth-order valence-corrected chi connectivity index (χ4v) is 13.0. The van der Waals surface area contributed by atoms with Gasteiger partial charge in [0, 0.05) is 23.8 Å². The van der Waals surface area contributed by atoms with E-state index >= 15 is 0 Å². The second-order valence-corrected chi connectivity index (χ2v) is 19.6. The molecule has 5 aliphatic rings. The molecule has 0 saturated heterocycles. The van der Waals surface area contributed by atoms with E-state index in [0.29, 0.717) is 30.0 Å². The lowest BCUT2D eigenvalue weighted by atomic mass is 9.33. The lowest BCUT2D eigenvalue weighted by Crippen LogP contribution is -2.65. The third kappa shape index (κ3) is 5.82. The quantitative estimate of drug-likeness (QED) is 0.188. The maximum absolute atomic E-state index is 14.0. The number of hydrogen-bond donors (Lipinski definition) is 2. The number of allylic oxidation sites excluding steroid dienone is 2. The molecule has 0 amide bonds. The molecule has 4 saturated carbocycles. The molecule has 276 valence electrons. The monoisotopic (exact) mass is 687 g/mol. The van der Waals surface area contributed by atoms with Crippen LogP contribution >= 0.6 is 0 Å². The van der Waals surface area contributed by atoms with Crippen molar-refractivity contribution in [2.24, 2.45) is 56.2 Å². The normalized spacial score (nSPS) is 37.8. The maximum atomic E-state index is 14.0. The predicted molar refractivity (Wildman–Crippen MR) is 198 cm³/mol. The molecule has 0 aliphatic heterocycles. The smallest absolute Gasteiger partial charge is 0.309 e. The molecule has 0 heterocycles. The highest BCUT2D eigenvalue weighted by Gasteiger charge is 2.70. The van der Waals surface area contributed by atoms with Crippen molar-refractivity contribution in [3.63, 3.8) is 0 Å². The van der Waals surface area contributed by atoms with Gasteiger partial charge in [0.25, 0.3) is 0 Å². The predicted octanol–water partition coefficient (Wildman–Crippen LogP) is 9.56. The molecule has 50 heavy (non-hydrogen) atoms. The molecular formula is C44H65NO5. The van der Waals surface area contributed by atoms with Crippen molar-refractivity contribution in [3.8, 4) is 0 Å². The van der Waals surface area contributed by atoms with E-state index in [1.54, 1.807) is 19.4 Å². The largest absolute Gasteiger partial charge is 0.481 e. The highest BCUT2D eigenvalue weighted by atomic mass is 16.5. The minimum Gasteiger partial charge on any atom is -0.481 e. The number of esters is 1. The van der Waals surface area contributed by atoms with Gasteiger partial charge >= 0.3 is 11.9 Å². The van der Waals surface area contributed by atoms with Crippen molar-refractivity contribution < 1.29 is 24.2 Å². The summed E-state index contributed by atoms with van der Waals surface area (Å²) in [5, 5.41) is 13.3. The molecule has 0 spiro atoms. The number of aliphatic carboxylic acids is 1. The van der Waals surface area contributed by atoms with Gasteiger partial charge in [0.15, 0.2) is 5.78 Å². The Bertz CT molecular complexity index is 1530. The van der Waals surface area contributed by atoms with Crippen LogP contribution in [-0.4, -0.2) is 35.5 Å². The topological polar surface area (TPSA) is 92.7 Å². The molecule has 6 rings (SSSR count). The van der Waals surface area contributed by atoms with E-state index in [2.05, 4.69) is 84.1 Å². The Morgan fingerprint density at radius 1 is 0.920 bits per heavy atom. The van der Waals surface area contributed by atoms with Crippen molar-refractivity contribution in [2.75, 3.05) is 6.54 Å². The van der Waals surface area contributed by atoms with E-state index in [-0.39, 0.29) is 45.5 Å². The zero-order valence-electron chi connectivity index (χ0n) is 32.5. The van der Waals surface area contributed by atoms with Gasteiger partial charge in [-0.2, -0.15) is 0 Å². The summed E-state index contributed by atoms with van der Waals surface area (Å²) in [5.41, 5.74) is 3.07. The van der Waals surface area contributed by atoms with Crippen LogP contribution in [0.15, 0.2) is 41.5 Å². The van der Waals surface area contributed by atoms with Crippen molar-refractivity contribution in [1.29, 1.82) is 0 Å². The Hall–Kier alpha value is -2.47. The SMILES string of the molecule is CC(C)C1=C2[C@H]3CCC4[C@@]5(C)CC[C@H](OC(=O)CC(C)(C)C(=O)O)C(C)(C)C5CC[C@@]4(C)[C@]3(C)CC[C@@]2(CCNCc2ccccc2)CC1=O. The first-order chi connectivity index (χ1) is 23.3. The molecule has 1 aromatic rings. The van der Waals surface area contributed by atoms with Crippen molar-refractivity contribution >= 4 is 17.7 Å². The van der Waals surface area contributed by atoms with Crippen molar-refractivity contribution in [3.05, 3.63) is 47.0 Å². The van der Waals surface area contributed by atoms with Gasteiger partial charge in [0.2, 0.25) is 0 Å². The van der Waals surface area contributed by atoms with Crippen LogP contribution in [0.25, 0.3) is 0 Å². The highest BCUT2D eigenvalue weighted by molar-refractivity contribution is 6.00. The summed E-state index contributed by atoms with van der Waals surface area (Å²) in [5.74, 6) is 0.719. The van der Waals surface area contributed by atoms with Gasteiger partial charge in [0.05, 0.1) is 11.8 Å². The van der Waals surface area contributed by atoms with Gasteiger partial charge in [-0.15, -0.1) is 0 Å². The summed E-state index contributed by atoms with van der Waals surface area (Å²) < 4.78 is 6.18. The van der Waals surface area contributed by atoms with Gasteiger partial charge < -0.3 is 15.2 Å². The minimum atomic E-state index is -1.14. The second kappa shape index (κ2) is 12.9. The Morgan fingerprint density at radius 2 is 1.62 bits per heavy atom. The number of nitrogens with one attached hydrogen (secondary N) is 1. The average Bonchev–Trinajstić information content (AvgIpc) is 3.33. The third-order valence-corrected chi connectivity index (χ3v) is 15.9. The maximum Gasteiger partial charge on any atom is 0.309 e. The van der Waals surface area contributed by atoms with E-state index in [9.17, 15) is 19.5 Å². The first-order valence-corrected chi connectivity index (χ1v) is 19.8. The molecule has 8 atom stereocenters. The minimum absolute atomic E-state index is 0.0199. The number of fused-ring (bicyclic) bond motifs is 7. The van der Waals surface area contributed by atoms with E-state index in [4.69, 9.17) is 4.74 Å². The number of rotatable bonds is 10. The highest BCUT2D eigenvalue weighted by Crippen LogP contribution is 2.77. The van der Waals surface area contributed by atoms with Gasteiger partial charge in [-0.05, 0) is 129 Å². The summed E-state index contributed by atoms with van der Waals surface area (Å²) in [4.78, 5) is 38.8. The number of benzene rings is 1. The van der Waals surface area contributed by atoms with Crippen LogP contribution in [0, 0.1) is 56.2 Å². The van der Waals surface area contributed by atoms with Crippen LogP contribution in [0.2, 0.25) is 0 Å². The second-order valence-electron chi connectivity index (χ2n) is 19.6. The number of ether oxygens (including phenoxy) is 1. The van der Waals surface area contributed by atoms with E-state index in [1.807, 2.05) is 0 Å². The summed E-state index contributed by atoms with van der Waals surface area (Å²) >= 11 is 0. The molecule has 2 unspecified atom stereocenters. The van der Waals surface area contributed by atoms with Gasteiger partial charge in [0.1, 0.15) is 6.10 Å². The number of carboxylic acid groups (broad SMARTS) is 1. The Balaban J connectivity index is 1.24. The lowest BCUT2D eigenvalue weighted by Gasteiger charge is -2.72. The summed E-state index contributed by atoms with van der Waals surface area (Å²) in [6.45, 7) is 21.9. The number of Topliss-reactive ketones (excluding diaryl/α,β-unsaturated/α-hetero) is 1. The van der Waals surface area contributed by atoms with Crippen LogP contribution in [0.3, 0.4) is 0 Å². The molecule has 0 aromatic heterocycles. The summed E-state index contributed by atoms with van der Waals surface area (Å²) in [7, 11) is 0. The molecule has 0 bridgehead atoms. The average molecular weight is 688 g/mol. The molecule has 6 nitrogen and oxygen atoms in total. The summed E-state index contributed by atoms with van der Waals surface area (Å²) in [6.07, 6.45) is 10.1. The van der Waals surface area contributed by atoms with E-state index in [1.165, 1.54) is 24.0 Å². The standard InChI is InChI=1S/C44H65NO5/c1-28(2)36-31(46)25-44(23-24-45-27-29-13-11-10-12-14-29)22-21-42(8)30(37(36)44)15-16-33-41(7)19-18-34(50-35(47)26-39(3,4)38(48)49)40(5,6)32(41)17-20-43(33,42)9/h10-14,28,30,32-34,45H,15-27H2,1-9H3,(H,48,49)/t30-,32?,33?,34+,41+,42-,43-,44-/m1/s1. The van der Waals surface area contributed by atoms with Crippen LogP contribution in [0.1, 0.15) is 139 Å². The molecule has 2 N–H and O–H groups in total. The molecule has 0 radical (unpaired) electrons. The number of carbonyl (C=O) groups excluding carboxylic acids is 2. The van der Waals surface area contributed by atoms with Crippen LogP contribution in [-0.2, 0) is 25.7 Å². The fourth-order valence-electron chi connectivity index (χ4n) is 13.0. The van der Waals surface area contributed by atoms with Gasteiger partial charge in [-0.1, -0.05) is 84.4 Å². The van der Waals surface area contributed by atoms with Crippen molar-refractivity contribution in [1.82, 2.24) is 5.32 Å². The van der Waals surface area contributed by atoms with E-state index in [0.717, 1.165) is 58.0 Å². The Labute approximate surface area is 302 Å². The zero-order chi connectivity index (χ0) is 36.5. The summed E-state index contributed by atoms with van der Waals surface area (Å²) in [6, 6.07) is 10.6. The number of carbonyl (C=O) groups is 3. The fraction of sp³-hybridized carbons (Fsp3) is 0.750.